The molecule has 0 unspecified atom stereocenters. The van der Waals surface area contributed by atoms with Crippen LogP contribution in [0.4, 0.5) is 0 Å². The summed E-state index contributed by atoms with van der Waals surface area (Å²) in [7, 11) is 0. The van der Waals surface area contributed by atoms with Crippen molar-refractivity contribution in [2.45, 2.75) is 20.3 Å². The number of hydrogen-bond acceptors (Lipinski definition) is 4. The van der Waals surface area contributed by atoms with Crippen LogP contribution in [0.3, 0.4) is 0 Å². The molecule has 0 aliphatic carbocycles. The minimum atomic E-state index is -1.02. The van der Waals surface area contributed by atoms with Crippen molar-refractivity contribution < 1.29 is 14.7 Å². The van der Waals surface area contributed by atoms with E-state index in [1.54, 1.807) is 11.4 Å². The van der Waals surface area contributed by atoms with Gasteiger partial charge in [-0.15, -0.1) is 11.3 Å². The van der Waals surface area contributed by atoms with Crippen molar-refractivity contribution in [2.75, 3.05) is 26.2 Å². The predicted molar refractivity (Wildman–Crippen MR) is 85.7 cm³/mol. The van der Waals surface area contributed by atoms with Gasteiger partial charge >= 0.3 is 5.97 Å². The number of nitrogens with one attached hydrogen (secondary N) is 1. The maximum Gasteiger partial charge on any atom is 0.328 e. The van der Waals surface area contributed by atoms with Gasteiger partial charge in [0.15, 0.2) is 0 Å². The van der Waals surface area contributed by atoms with Crippen LogP contribution in [0.5, 0.6) is 0 Å². The third kappa shape index (κ3) is 6.10. The molecule has 0 bridgehead atoms. The van der Waals surface area contributed by atoms with Crippen LogP contribution in [0.1, 0.15) is 35.5 Å². The highest BCUT2D eigenvalue weighted by Crippen LogP contribution is 2.18. The van der Waals surface area contributed by atoms with Gasteiger partial charge in [-0.05, 0) is 49.1 Å². The van der Waals surface area contributed by atoms with Crippen molar-refractivity contribution in [3.8, 4) is 0 Å². The zero-order valence-corrected chi connectivity index (χ0v) is 13.3. The number of thiophene rings is 1. The summed E-state index contributed by atoms with van der Waals surface area (Å²) in [5.41, 5.74) is 0.642. The van der Waals surface area contributed by atoms with Crippen LogP contribution in [-0.2, 0) is 4.79 Å². The maximum atomic E-state index is 12.1. The number of carboxylic acid groups (broad SMARTS) is 1. The molecule has 0 fully saturated rings. The summed E-state index contributed by atoms with van der Waals surface area (Å²) in [6.07, 6.45) is 3.39. The highest BCUT2D eigenvalue weighted by atomic mass is 32.1. The number of carbonyl (C=O) groups is 2. The lowest BCUT2D eigenvalue weighted by atomic mass is 10.2. The number of hydrogen-bond donors (Lipinski definition) is 2. The van der Waals surface area contributed by atoms with Gasteiger partial charge in [-0.1, -0.05) is 13.8 Å². The molecule has 6 heteroatoms. The monoisotopic (exact) mass is 310 g/mol. The topological polar surface area (TPSA) is 69.6 Å². The molecular weight excluding hydrogens is 288 g/mol. The number of carboxylic acids is 1. The fourth-order valence-electron chi connectivity index (χ4n) is 1.92. The average Bonchev–Trinajstić information content (AvgIpc) is 2.93. The molecule has 0 atom stereocenters. The van der Waals surface area contributed by atoms with E-state index >= 15 is 0 Å². The number of nitrogens with zero attached hydrogens (tertiary/aromatic N) is 1. The van der Waals surface area contributed by atoms with E-state index in [-0.39, 0.29) is 5.91 Å². The van der Waals surface area contributed by atoms with Gasteiger partial charge in [-0.25, -0.2) is 4.79 Å². The van der Waals surface area contributed by atoms with Crippen LogP contribution >= 0.6 is 11.3 Å². The highest BCUT2D eigenvalue weighted by molar-refractivity contribution is 7.12. The molecular formula is C15H22N2O3S. The molecule has 1 rings (SSSR count). The van der Waals surface area contributed by atoms with Crippen molar-refractivity contribution in [1.82, 2.24) is 10.2 Å². The van der Waals surface area contributed by atoms with Gasteiger partial charge in [0, 0.05) is 12.6 Å². The van der Waals surface area contributed by atoms with E-state index in [0.717, 1.165) is 32.1 Å². The van der Waals surface area contributed by atoms with Gasteiger partial charge in [0.25, 0.3) is 5.91 Å². The van der Waals surface area contributed by atoms with Crippen LogP contribution in [0.15, 0.2) is 17.5 Å². The standard InChI is InChI=1S/C15H22N2O3S/c1-3-17(4-2)10-5-9-16-15(20)14-12(8-11-21-14)6-7-13(18)19/h6-8,11H,3-5,9-10H2,1-2H3,(H,16,20)(H,18,19). The summed E-state index contributed by atoms with van der Waals surface area (Å²) >= 11 is 1.32. The molecule has 0 aromatic carbocycles. The molecule has 5 nitrogen and oxygen atoms in total. The van der Waals surface area contributed by atoms with Gasteiger partial charge in [-0.2, -0.15) is 0 Å². The lowest BCUT2D eigenvalue weighted by Gasteiger charge is -2.17. The van der Waals surface area contributed by atoms with Crippen LogP contribution in [0.25, 0.3) is 6.08 Å². The SMILES string of the molecule is CCN(CC)CCCNC(=O)c1sccc1C=CC(=O)O. The first-order valence-corrected chi connectivity index (χ1v) is 7.95. The minimum Gasteiger partial charge on any atom is -0.478 e. The van der Waals surface area contributed by atoms with Crippen LogP contribution < -0.4 is 5.32 Å². The Morgan fingerprint density at radius 1 is 1.38 bits per heavy atom. The molecule has 21 heavy (non-hydrogen) atoms. The number of aliphatic carboxylic acids is 1. The fraction of sp³-hybridized carbons (Fsp3) is 0.467. The summed E-state index contributed by atoms with van der Waals surface area (Å²) in [5, 5.41) is 13.3. The van der Waals surface area contributed by atoms with E-state index in [9.17, 15) is 9.59 Å². The zero-order valence-electron chi connectivity index (χ0n) is 12.5. The molecule has 0 spiro atoms. The molecule has 1 aromatic rings. The lowest BCUT2D eigenvalue weighted by molar-refractivity contribution is -0.131. The Morgan fingerprint density at radius 2 is 2.10 bits per heavy atom. The van der Waals surface area contributed by atoms with E-state index in [1.807, 2.05) is 0 Å². The van der Waals surface area contributed by atoms with Crippen LogP contribution in [0.2, 0.25) is 0 Å². The second-order valence-corrected chi connectivity index (χ2v) is 5.43. The largest absolute Gasteiger partial charge is 0.478 e. The smallest absolute Gasteiger partial charge is 0.328 e. The molecule has 0 aliphatic rings. The number of rotatable bonds is 9. The molecule has 0 aliphatic heterocycles. The summed E-state index contributed by atoms with van der Waals surface area (Å²) in [4.78, 5) is 25.4. The quantitative estimate of drug-likeness (QED) is 0.542. The van der Waals surface area contributed by atoms with E-state index in [4.69, 9.17) is 5.11 Å². The Morgan fingerprint density at radius 3 is 2.71 bits per heavy atom. The Kier molecular flexibility index (Phi) is 7.71. The van der Waals surface area contributed by atoms with Crippen molar-refractivity contribution in [3.05, 3.63) is 28.0 Å². The second kappa shape index (κ2) is 9.31. The van der Waals surface area contributed by atoms with Crippen LogP contribution in [-0.4, -0.2) is 48.1 Å². The lowest BCUT2D eigenvalue weighted by Crippen LogP contribution is -2.29. The normalized spacial score (nSPS) is 11.2. The maximum absolute atomic E-state index is 12.1. The Labute approximate surface area is 129 Å². The first-order chi connectivity index (χ1) is 10.1. The molecule has 0 radical (unpaired) electrons. The van der Waals surface area contributed by atoms with Gasteiger partial charge in [-0.3, -0.25) is 4.79 Å². The molecule has 0 saturated carbocycles. The average molecular weight is 310 g/mol. The van der Waals surface area contributed by atoms with E-state index in [2.05, 4.69) is 24.1 Å². The van der Waals surface area contributed by atoms with E-state index in [0.29, 0.717) is 17.0 Å². The van der Waals surface area contributed by atoms with Gasteiger partial charge in [0.05, 0.1) is 4.88 Å². The summed E-state index contributed by atoms with van der Waals surface area (Å²) < 4.78 is 0. The highest BCUT2D eigenvalue weighted by Gasteiger charge is 2.11. The molecule has 2 N–H and O–H groups in total. The zero-order chi connectivity index (χ0) is 15.7. The van der Waals surface area contributed by atoms with Crippen molar-refractivity contribution in [3.63, 3.8) is 0 Å². The van der Waals surface area contributed by atoms with Crippen molar-refractivity contribution in [1.29, 1.82) is 0 Å². The van der Waals surface area contributed by atoms with E-state index < -0.39 is 5.97 Å². The molecule has 1 amide bonds. The van der Waals surface area contributed by atoms with Crippen molar-refractivity contribution in [2.24, 2.45) is 0 Å². The molecule has 1 heterocycles. The number of amides is 1. The molecule has 1 aromatic heterocycles. The minimum absolute atomic E-state index is 0.144. The van der Waals surface area contributed by atoms with E-state index in [1.165, 1.54) is 17.4 Å². The predicted octanol–water partition coefficient (Wildman–Crippen LogP) is 2.31. The Bertz CT molecular complexity index is 493. The first-order valence-electron chi connectivity index (χ1n) is 7.07. The van der Waals surface area contributed by atoms with Gasteiger partial charge < -0.3 is 15.3 Å². The second-order valence-electron chi connectivity index (χ2n) is 4.51. The molecule has 0 saturated heterocycles. The third-order valence-corrected chi connectivity index (χ3v) is 4.07. The summed E-state index contributed by atoms with van der Waals surface area (Å²) in [6, 6.07) is 1.74. The summed E-state index contributed by atoms with van der Waals surface area (Å²) in [5.74, 6) is -1.17. The van der Waals surface area contributed by atoms with Crippen molar-refractivity contribution >= 4 is 29.3 Å². The summed E-state index contributed by atoms with van der Waals surface area (Å²) in [6.45, 7) is 7.85. The Balaban J connectivity index is 2.46. The third-order valence-electron chi connectivity index (χ3n) is 3.14. The molecule has 116 valence electrons. The van der Waals surface area contributed by atoms with Crippen LogP contribution in [0, 0.1) is 0 Å². The number of carbonyl (C=O) groups excluding carboxylic acids is 1. The van der Waals surface area contributed by atoms with Gasteiger partial charge in [0.2, 0.25) is 0 Å². The fourth-order valence-corrected chi connectivity index (χ4v) is 2.72. The Hall–Kier alpha value is -1.66. The van der Waals surface area contributed by atoms with Gasteiger partial charge in [0.1, 0.15) is 0 Å². The first kappa shape index (κ1) is 17.4.